The van der Waals surface area contributed by atoms with Gasteiger partial charge in [-0.2, -0.15) is 0 Å². The Hall–Kier alpha value is -1.07. The summed E-state index contributed by atoms with van der Waals surface area (Å²) < 4.78 is 6.74. The molecule has 5 heteroatoms. The number of halogens is 1. The average molecular weight is 353 g/mol. The van der Waals surface area contributed by atoms with Crippen LogP contribution < -0.4 is 15.4 Å². The summed E-state index contributed by atoms with van der Waals surface area (Å²) >= 11 is 3.53. The Morgan fingerprint density at radius 2 is 2.38 bits per heavy atom. The first-order chi connectivity index (χ1) is 10.1. The number of rotatable bonds is 3. The van der Waals surface area contributed by atoms with Gasteiger partial charge in [-0.05, 0) is 44.0 Å². The quantitative estimate of drug-likeness (QED) is 0.877. The Bertz CT molecular complexity index is 547. The number of nitrogens with one attached hydrogen (secondary N) is 2. The molecule has 2 atom stereocenters. The fourth-order valence-corrected chi connectivity index (χ4v) is 3.73. The Labute approximate surface area is 133 Å². The Morgan fingerprint density at radius 3 is 3.19 bits per heavy atom. The summed E-state index contributed by atoms with van der Waals surface area (Å²) in [6.07, 6.45) is 2.78. The van der Waals surface area contributed by atoms with E-state index in [0.717, 1.165) is 48.2 Å². The molecule has 2 N–H and O–H groups in total. The summed E-state index contributed by atoms with van der Waals surface area (Å²) in [4.78, 5) is 12.3. The van der Waals surface area contributed by atoms with Crippen molar-refractivity contribution in [2.45, 2.75) is 38.8 Å². The highest BCUT2D eigenvalue weighted by Crippen LogP contribution is 2.33. The lowest BCUT2D eigenvalue weighted by Crippen LogP contribution is -2.42. The maximum absolute atomic E-state index is 12.3. The molecule has 0 aliphatic carbocycles. The summed E-state index contributed by atoms with van der Waals surface area (Å²) in [5.41, 5.74) is 2.29. The van der Waals surface area contributed by atoms with Gasteiger partial charge in [-0.25, -0.2) is 0 Å². The predicted octanol–water partition coefficient (Wildman–Crippen LogP) is 2.39. The highest BCUT2D eigenvalue weighted by Gasteiger charge is 2.25. The first kappa shape index (κ1) is 14.9. The smallest absolute Gasteiger partial charge is 0.223 e. The molecule has 21 heavy (non-hydrogen) atoms. The standard InChI is InChI=1S/C16H21BrN2O2/c1-10-6-12(2-4-18-10)16(20)19-9-13-8-14(17)7-11-3-5-21-15(11)13/h7-8,10,12,18H,2-6,9H2,1H3,(H,19,20). The fraction of sp³-hybridized carbons (Fsp3) is 0.562. The molecule has 2 unspecified atom stereocenters. The van der Waals surface area contributed by atoms with Gasteiger partial charge in [0.2, 0.25) is 5.91 Å². The van der Waals surface area contributed by atoms with E-state index in [1.54, 1.807) is 0 Å². The number of carbonyl (C=O) groups excluding carboxylic acids is 1. The van der Waals surface area contributed by atoms with Crippen LogP contribution in [0.1, 0.15) is 30.9 Å². The lowest BCUT2D eigenvalue weighted by atomic mass is 9.92. The second-order valence-corrected chi connectivity index (χ2v) is 6.86. The van der Waals surface area contributed by atoms with Crippen molar-refractivity contribution in [1.29, 1.82) is 0 Å². The van der Waals surface area contributed by atoms with Gasteiger partial charge >= 0.3 is 0 Å². The van der Waals surface area contributed by atoms with Crippen molar-refractivity contribution in [3.05, 3.63) is 27.7 Å². The van der Waals surface area contributed by atoms with Crippen LogP contribution in [0.2, 0.25) is 0 Å². The monoisotopic (exact) mass is 352 g/mol. The minimum atomic E-state index is 0.127. The number of carbonyl (C=O) groups is 1. The van der Waals surface area contributed by atoms with Gasteiger partial charge in [-0.1, -0.05) is 15.9 Å². The third-order valence-electron chi connectivity index (χ3n) is 4.27. The van der Waals surface area contributed by atoms with E-state index in [1.165, 1.54) is 5.56 Å². The van der Waals surface area contributed by atoms with E-state index in [9.17, 15) is 4.79 Å². The van der Waals surface area contributed by atoms with E-state index in [-0.39, 0.29) is 11.8 Å². The maximum Gasteiger partial charge on any atom is 0.223 e. The molecule has 0 aromatic heterocycles. The van der Waals surface area contributed by atoms with Crippen LogP contribution in [0.3, 0.4) is 0 Å². The highest BCUT2D eigenvalue weighted by molar-refractivity contribution is 9.10. The number of ether oxygens (including phenoxy) is 1. The summed E-state index contributed by atoms with van der Waals surface area (Å²) in [6.45, 7) is 4.33. The Morgan fingerprint density at radius 1 is 1.52 bits per heavy atom. The zero-order valence-electron chi connectivity index (χ0n) is 12.2. The third kappa shape index (κ3) is 3.40. The van der Waals surface area contributed by atoms with E-state index in [4.69, 9.17) is 4.74 Å². The molecular formula is C16H21BrN2O2. The topological polar surface area (TPSA) is 50.4 Å². The number of hydrogen-bond acceptors (Lipinski definition) is 3. The van der Waals surface area contributed by atoms with Gasteiger partial charge in [-0.15, -0.1) is 0 Å². The van der Waals surface area contributed by atoms with Crippen LogP contribution in [0.25, 0.3) is 0 Å². The van der Waals surface area contributed by atoms with E-state index in [2.05, 4.69) is 39.6 Å². The molecule has 2 aliphatic heterocycles. The molecule has 1 aromatic rings. The molecule has 2 aliphatic rings. The molecule has 0 spiro atoms. The van der Waals surface area contributed by atoms with Crippen LogP contribution >= 0.6 is 15.9 Å². The molecule has 0 radical (unpaired) electrons. The van der Waals surface area contributed by atoms with Gasteiger partial charge in [-0.3, -0.25) is 4.79 Å². The first-order valence-electron chi connectivity index (χ1n) is 7.58. The van der Waals surface area contributed by atoms with Crippen LogP contribution in [0.15, 0.2) is 16.6 Å². The number of piperidine rings is 1. The van der Waals surface area contributed by atoms with Crippen LogP contribution in [-0.4, -0.2) is 25.1 Å². The van der Waals surface area contributed by atoms with Crippen molar-refractivity contribution in [1.82, 2.24) is 10.6 Å². The molecule has 2 heterocycles. The normalized spacial score (nSPS) is 24.3. The molecular weight excluding hydrogens is 332 g/mol. The van der Waals surface area contributed by atoms with E-state index >= 15 is 0 Å². The van der Waals surface area contributed by atoms with Gasteiger partial charge < -0.3 is 15.4 Å². The molecule has 1 fully saturated rings. The van der Waals surface area contributed by atoms with Crippen molar-refractivity contribution < 1.29 is 9.53 Å². The van der Waals surface area contributed by atoms with Crippen molar-refractivity contribution in [3.63, 3.8) is 0 Å². The molecule has 0 saturated carbocycles. The summed E-state index contributed by atoms with van der Waals surface area (Å²) in [5, 5.41) is 6.45. The van der Waals surface area contributed by atoms with Crippen LogP contribution in [0.4, 0.5) is 0 Å². The Kier molecular flexibility index (Phi) is 4.50. The largest absolute Gasteiger partial charge is 0.493 e. The minimum absolute atomic E-state index is 0.127. The van der Waals surface area contributed by atoms with Crippen molar-refractivity contribution in [2.75, 3.05) is 13.2 Å². The van der Waals surface area contributed by atoms with Gasteiger partial charge in [0, 0.05) is 35.0 Å². The SMILES string of the molecule is CC1CC(C(=O)NCc2cc(Br)cc3c2OCC3)CCN1. The number of fused-ring (bicyclic) bond motifs is 1. The lowest BCUT2D eigenvalue weighted by molar-refractivity contribution is -0.126. The predicted molar refractivity (Wildman–Crippen MR) is 85.4 cm³/mol. The van der Waals surface area contributed by atoms with E-state index < -0.39 is 0 Å². The second-order valence-electron chi connectivity index (χ2n) is 5.95. The molecule has 3 rings (SSSR count). The number of amides is 1. The number of hydrogen-bond donors (Lipinski definition) is 2. The van der Waals surface area contributed by atoms with Crippen LogP contribution in [0, 0.1) is 5.92 Å². The van der Waals surface area contributed by atoms with Gasteiger partial charge in [0.25, 0.3) is 0 Å². The van der Waals surface area contributed by atoms with Crippen LogP contribution in [0.5, 0.6) is 5.75 Å². The zero-order chi connectivity index (χ0) is 14.8. The Balaban J connectivity index is 1.64. The summed E-state index contributed by atoms with van der Waals surface area (Å²) in [6, 6.07) is 4.56. The van der Waals surface area contributed by atoms with Crippen LogP contribution in [-0.2, 0) is 17.8 Å². The van der Waals surface area contributed by atoms with Gasteiger partial charge in [0.1, 0.15) is 5.75 Å². The van der Waals surface area contributed by atoms with E-state index in [1.807, 2.05) is 6.07 Å². The van der Waals surface area contributed by atoms with Gasteiger partial charge in [0.15, 0.2) is 0 Å². The first-order valence-corrected chi connectivity index (χ1v) is 8.38. The van der Waals surface area contributed by atoms with Gasteiger partial charge in [0.05, 0.1) is 6.61 Å². The molecule has 4 nitrogen and oxygen atoms in total. The average Bonchev–Trinajstić information content (AvgIpc) is 2.92. The molecule has 1 amide bonds. The van der Waals surface area contributed by atoms with Crippen molar-refractivity contribution >= 4 is 21.8 Å². The third-order valence-corrected chi connectivity index (χ3v) is 4.73. The second kappa shape index (κ2) is 6.36. The summed E-state index contributed by atoms with van der Waals surface area (Å²) in [5.74, 6) is 1.25. The molecule has 0 bridgehead atoms. The highest BCUT2D eigenvalue weighted by atomic mass is 79.9. The van der Waals surface area contributed by atoms with Crippen molar-refractivity contribution in [2.24, 2.45) is 5.92 Å². The zero-order valence-corrected chi connectivity index (χ0v) is 13.8. The molecule has 114 valence electrons. The molecule has 1 saturated heterocycles. The molecule has 1 aromatic carbocycles. The lowest BCUT2D eigenvalue weighted by Gasteiger charge is -2.27. The fourth-order valence-electron chi connectivity index (χ4n) is 3.17. The minimum Gasteiger partial charge on any atom is -0.493 e. The summed E-state index contributed by atoms with van der Waals surface area (Å²) in [7, 11) is 0. The van der Waals surface area contributed by atoms with E-state index in [0.29, 0.717) is 12.6 Å². The number of benzene rings is 1. The van der Waals surface area contributed by atoms with Crippen molar-refractivity contribution in [3.8, 4) is 5.75 Å². The maximum atomic E-state index is 12.3.